The van der Waals surface area contributed by atoms with Crippen LogP contribution in [0.1, 0.15) is 232 Å². The lowest BCUT2D eigenvalue weighted by atomic mass is 9.85. The summed E-state index contributed by atoms with van der Waals surface area (Å²) in [4.78, 5) is 23.5. The van der Waals surface area contributed by atoms with Crippen LogP contribution in [0.15, 0.2) is 24.3 Å². The SMILES string of the molecule is CCCCCCCCCCC/C=C\CCCCCCCC(O)CC(=O)NC(COP(=O)(O)OC1C(O)C(O)C(O)C(O)C1O)C(O)/C=C/CCCCCCCCCCCCCCCCC. The largest absolute Gasteiger partial charge is 0.472 e. The Balaban J connectivity index is 2.48. The van der Waals surface area contributed by atoms with E-state index in [9.17, 15) is 50.0 Å². The third kappa shape index (κ3) is 32.3. The molecule has 1 amide bonds. The minimum Gasteiger partial charge on any atom is -0.393 e. The van der Waals surface area contributed by atoms with Gasteiger partial charge in [-0.15, -0.1) is 0 Å². The van der Waals surface area contributed by atoms with E-state index in [4.69, 9.17) is 9.05 Å². The normalized spacial score (nSPS) is 22.7. The molecule has 0 heterocycles. The first-order valence-corrected chi connectivity index (χ1v) is 27.9. The van der Waals surface area contributed by atoms with Gasteiger partial charge in [0, 0.05) is 0 Å². The van der Waals surface area contributed by atoms with Gasteiger partial charge in [0.25, 0.3) is 0 Å². The average Bonchev–Trinajstić information content (AvgIpc) is 3.28. The van der Waals surface area contributed by atoms with E-state index in [0.29, 0.717) is 12.8 Å². The maximum atomic E-state index is 13.0. The molecule has 14 heteroatoms. The van der Waals surface area contributed by atoms with Crippen LogP contribution in [0, 0.1) is 0 Å². The van der Waals surface area contributed by atoms with Crippen molar-refractivity contribution in [1.82, 2.24) is 5.32 Å². The molecule has 0 aromatic carbocycles. The summed E-state index contributed by atoms with van der Waals surface area (Å²) in [6.45, 7) is 3.77. The van der Waals surface area contributed by atoms with Crippen LogP contribution in [0.25, 0.3) is 0 Å². The number of phosphoric ester groups is 1. The zero-order valence-corrected chi connectivity index (χ0v) is 41.8. The smallest absolute Gasteiger partial charge is 0.393 e. The standard InChI is InChI=1S/C51H98NO12P/c1-3-5-7-9-11-13-15-17-19-21-23-24-26-28-30-32-34-36-38-42(53)40-45(55)52-43(41-63-65(61,62)64-51-49(59)47(57)46(56)48(58)50(51)60)44(54)39-37-35-33-31-29-27-25-22-20-18-16-14-12-10-8-6-4-2/h23-24,37,39,42-44,46-51,53-54,56-60H,3-22,25-36,38,40-41H2,1-2H3,(H,52,55)(H,61,62)/b24-23-,39-37+. The monoisotopic (exact) mass is 948 g/mol. The van der Waals surface area contributed by atoms with Gasteiger partial charge in [-0.2, -0.15) is 0 Å². The number of amides is 1. The highest BCUT2D eigenvalue weighted by Crippen LogP contribution is 2.47. The van der Waals surface area contributed by atoms with Crippen LogP contribution in [-0.2, 0) is 18.4 Å². The van der Waals surface area contributed by atoms with Crippen molar-refractivity contribution in [2.45, 2.75) is 287 Å². The van der Waals surface area contributed by atoms with Crippen LogP contribution in [0.5, 0.6) is 0 Å². The topological polar surface area (TPSA) is 226 Å². The minimum absolute atomic E-state index is 0.248. The van der Waals surface area contributed by atoms with E-state index in [1.807, 2.05) is 0 Å². The minimum atomic E-state index is -5.14. The molecule has 0 spiro atoms. The number of hydrogen-bond donors (Lipinski definition) is 9. The number of carbonyl (C=O) groups is 1. The number of hydrogen-bond acceptors (Lipinski definition) is 11. The fourth-order valence-corrected chi connectivity index (χ4v) is 9.44. The molecular weight excluding hydrogens is 850 g/mol. The van der Waals surface area contributed by atoms with Gasteiger partial charge in [0.1, 0.15) is 36.6 Å². The predicted octanol–water partition coefficient (Wildman–Crippen LogP) is 9.93. The van der Waals surface area contributed by atoms with Gasteiger partial charge in [0.05, 0.1) is 31.3 Å². The summed E-state index contributed by atoms with van der Waals surface area (Å²) in [5.41, 5.74) is 0. The molecule has 8 unspecified atom stereocenters. The molecule has 1 aliphatic rings. The Kier molecular flexibility index (Phi) is 38.6. The summed E-state index contributed by atoms with van der Waals surface area (Å²) in [7, 11) is -5.14. The average molecular weight is 948 g/mol. The van der Waals surface area contributed by atoms with Gasteiger partial charge in [-0.1, -0.05) is 205 Å². The van der Waals surface area contributed by atoms with Crippen LogP contribution in [-0.4, -0.2) is 108 Å². The molecule has 1 aliphatic carbocycles. The highest BCUT2D eigenvalue weighted by Gasteiger charge is 2.51. The van der Waals surface area contributed by atoms with Gasteiger partial charge >= 0.3 is 7.82 Å². The molecule has 65 heavy (non-hydrogen) atoms. The third-order valence-corrected chi connectivity index (χ3v) is 13.8. The predicted molar refractivity (Wildman–Crippen MR) is 261 cm³/mol. The third-order valence-electron chi connectivity index (χ3n) is 12.8. The highest BCUT2D eigenvalue weighted by atomic mass is 31.2. The number of nitrogens with one attached hydrogen (secondary N) is 1. The van der Waals surface area contributed by atoms with Crippen LogP contribution in [0.2, 0.25) is 0 Å². The highest BCUT2D eigenvalue weighted by molar-refractivity contribution is 7.47. The fraction of sp³-hybridized carbons (Fsp3) is 0.902. The van der Waals surface area contributed by atoms with Gasteiger partial charge < -0.3 is 46.0 Å². The summed E-state index contributed by atoms with van der Waals surface area (Å²) in [6, 6.07) is -1.24. The molecule has 0 radical (unpaired) electrons. The fourth-order valence-electron chi connectivity index (χ4n) is 8.47. The Morgan fingerprint density at radius 3 is 1.31 bits per heavy atom. The Labute approximate surface area is 394 Å². The van der Waals surface area contributed by atoms with Crippen molar-refractivity contribution in [3.63, 3.8) is 0 Å². The maximum Gasteiger partial charge on any atom is 0.472 e. The molecule has 9 N–H and O–H groups in total. The second-order valence-corrected chi connectivity index (χ2v) is 20.3. The van der Waals surface area contributed by atoms with E-state index in [1.54, 1.807) is 6.08 Å². The van der Waals surface area contributed by atoms with Gasteiger partial charge in [0.2, 0.25) is 5.91 Å². The van der Waals surface area contributed by atoms with Crippen LogP contribution >= 0.6 is 7.82 Å². The molecule has 0 saturated heterocycles. The lowest BCUT2D eigenvalue weighted by Crippen LogP contribution is -2.64. The van der Waals surface area contributed by atoms with E-state index in [0.717, 1.165) is 64.2 Å². The van der Waals surface area contributed by atoms with Gasteiger partial charge in [0.15, 0.2) is 0 Å². The first kappa shape index (κ1) is 61.8. The number of allylic oxidation sites excluding steroid dienone is 3. The number of aliphatic hydroxyl groups excluding tert-OH is 7. The van der Waals surface area contributed by atoms with E-state index < -0.39 is 75.2 Å². The lowest BCUT2D eigenvalue weighted by Gasteiger charge is -2.41. The van der Waals surface area contributed by atoms with Crippen molar-refractivity contribution in [2.24, 2.45) is 0 Å². The molecule has 8 atom stereocenters. The van der Waals surface area contributed by atoms with Crippen LogP contribution < -0.4 is 5.32 Å². The Morgan fingerprint density at radius 2 is 0.892 bits per heavy atom. The van der Waals surface area contributed by atoms with E-state index in [-0.39, 0.29) is 6.42 Å². The molecule has 13 nitrogen and oxygen atoms in total. The van der Waals surface area contributed by atoms with Crippen molar-refractivity contribution in [1.29, 1.82) is 0 Å². The second kappa shape index (κ2) is 40.6. The summed E-state index contributed by atoms with van der Waals surface area (Å²) >= 11 is 0. The van der Waals surface area contributed by atoms with Crippen LogP contribution in [0.3, 0.4) is 0 Å². The zero-order valence-electron chi connectivity index (χ0n) is 40.9. The second-order valence-electron chi connectivity index (χ2n) is 18.9. The van der Waals surface area contributed by atoms with Crippen molar-refractivity contribution < 1.29 is 59.0 Å². The van der Waals surface area contributed by atoms with Gasteiger partial charge in [-0.05, 0) is 44.9 Å². The Bertz CT molecular complexity index is 1210. The molecule has 384 valence electrons. The van der Waals surface area contributed by atoms with Gasteiger partial charge in [-0.25, -0.2) is 4.57 Å². The quantitative estimate of drug-likeness (QED) is 0.0158. The molecule has 0 aliphatic heterocycles. The zero-order chi connectivity index (χ0) is 48.0. The number of carbonyl (C=O) groups excluding carboxylic acids is 1. The van der Waals surface area contributed by atoms with E-state index in [2.05, 4.69) is 31.3 Å². The van der Waals surface area contributed by atoms with E-state index in [1.165, 1.54) is 141 Å². The number of phosphoric acid groups is 1. The summed E-state index contributed by atoms with van der Waals surface area (Å²) < 4.78 is 22.9. The van der Waals surface area contributed by atoms with Crippen molar-refractivity contribution in [3.05, 3.63) is 24.3 Å². The molecular formula is C51H98NO12P. The molecule has 1 rings (SSSR count). The lowest BCUT2D eigenvalue weighted by molar-refractivity contribution is -0.220. The molecule has 0 aromatic heterocycles. The van der Waals surface area contributed by atoms with Crippen LogP contribution in [0.4, 0.5) is 0 Å². The first-order valence-electron chi connectivity index (χ1n) is 26.4. The maximum absolute atomic E-state index is 13.0. The van der Waals surface area contributed by atoms with Gasteiger partial charge in [-0.3, -0.25) is 13.8 Å². The number of unbranched alkanes of at least 4 members (excludes halogenated alkanes) is 29. The molecule has 0 aromatic rings. The summed E-state index contributed by atoms with van der Waals surface area (Å²) in [5, 5.41) is 74.7. The molecule has 0 bridgehead atoms. The van der Waals surface area contributed by atoms with E-state index >= 15 is 0 Å². The number of rotatable bonds is 44. The summed E-state index contributed by atoms with van der Waals surface area (Å²) in [5.74, 6) is -0.595. The summed E-state index contributed by atoms with van der Waals surface area (Å²) in [6.07, 6.45) is 32.5. The number of aliphatic hydroxyl groups is 7. The molecule has 1 fully saturated rings. The Hall–Kier alpha value is -1.22. The Morgan fingerprint density at radius 1 is 0.538 bits per heavy atom. The molecule has 1 saturated carbocycles. The van der Waals surface area contributed by atoms with Crippen molar-refractivity contribution in [2.75, 3.05) is 6.61 Å². The van der Waals surface area contributed by atoms with Crippen molar-refractivity contribution >= 4 is 13.7 Å². The first-order chi connectivity index (χ1) is 31.3. The van der Waals surface area contributed by atoms with Crippen molar-refractivity contribution in [3.8, 4) is 0 Å².